The van der Waals surface area contributed by atoms with Crippen LogP contribution < -0.4 is 0 Å². The second-order valence-corrected chi connectivity index (χ2v) is 8.09. The molecule has 1 aliphatic heterocycles. The van der Waals surface area contributed by atoms with Crippen LogP contribution in [-0.2, 0) is 15.1 Å². The van der Waals surface area contributed by atoms with Gasteiger partial charge in [0.1, 0.15) is 0 Å². The van der Waals surface area contributed by atoms with Crippen molar-refractivity contribution in [1.82, 2.24) is 4.98 Å². The Labute approximate surface area is 168 Å². The molecular formula is C22H22ClNO4. The highest BCUT2D eigenvalue weighted by molar-refractivity contribution is 6.30. The number of ether oxygens (including phenoxy) is 1. The minimum absolute atomic E-state index is 0.477. The number of halogens is 1. The molecule has 2 N–H and O–H groups in total. The standard InChI is InChI=1S/C22H22ClNO4/c1-22(20(26)19(25)21(27)28-22)18-8-7-14(13-5-3-2-4-6-13)10-17(18)15-9-16(23)12-24-11-15/h7-13,25-26H,2-6H2,1H3. The molecule has 1 aliphatic carbocycles. The molecule has 0 spiro atoms. The molecule has 1 aromatic carbocycles. The van der Waals surface area contributed by atoms with Gasteiger partial charge >= 0.3 is 5.97 Å². The van der Waals surface area contributed by atoms with Crippen molar-refractivity contribution < 1.29 is 19.7 Å². The predicted molar refractivity (Wildman–Crippen MR) is 106 cm³/mol. The lowest BCUT2D eigenvalue weighted by Gasteiger charge is -2.28. The van der Waals surface area contributed by atoms with Crippen molar-refractivity contribution in [2.75, 3.05) is 0 Å². The summed E-state index contributed by atoms with van der Waals surface area (Å²) in [4.78, 5) is 16.0. The van der Waals surface area contributed by atoms with E-state index in [4.69, 9.17) is 16.3 Å². The Balaban J connectivity index is 1.88. The second kappa shape index (κ2) is 7.13. The summed E-state index contributed by atoms with van der Waals surface area (Å²) < 4.78 is 5.37. The molecule has 1 fully saturated rings. The Hall–Kier alpha value is -2.53. The fourth-order valence-electron chi connectivity index (χ4n) is 4.25. The van der Waals surface area contributed by atoms with Crippen LogP contribution in [0, 0.1) is 0 Å². The van der Waals surface area contributed by atoms with Crippen LogP contribution in [0.4, 0.5) is 0 Å². The van der Waals surface area contributed by atoms with Gasteiger partial charge in [-0.3, -0.25) is 4.98 Å². The van der Waals surface area contributed by atoms with E-state index in [0.717, 1.165) is 24.0 Å². The number of carbonyl (C=O) groups is 1. The van der Waals surface area contributed by atoms with E-state index in [1.54, 1.807) is 25.4 Å². The van der Waals surface area contributed by atoms with E-state index < -0.39 is 23.1 Å². The largest absolute Gasteiger partial charge is 0.505 e. The lowest BCUT2D eigenvalue weighted by Crippen LogP contribution is -2.26. The summed E-state index contributed by atoms with van der Waals surface area (Å²) in [5, 5.41) is 20.8. The summed E-state index contributed by atoms with van der Waals surface area (Å²) in [6, 6.07) is 7.75. The molecule has 0 radical (unpaired) electrons. The number of aromatic nitrogens is 1. The van der Waals surface area contributed by atoms with Crippen LogP contribution in [0.25, 0.3) is 11.1 Å². The van der Waals surface area contributed by atoms with E-state index in [9.17, 15) is 15.0 Å². The highest BCUT2D eigenvalue weighted by Crippen LogP contribution is 2.45. The Morgan fingerprint density at radius 3 is 2.54 bits per heavy atom. The van der Waals surface area contributed by atoms with Crippen molar-refractivity contribution >= 4 is 17.6 Å². The van der Waals surface area contributed by atoms with Crippen LogP contribution >= 0.6 is 11.6 Å². The van der Waals surface area contributed by atoms with Crippen LogP contribution in [0.1, 0.15) is 56.1 Å². The SMILES string of the molecule is CC1(c2ccc(C3CCCCC3)cc2-c2cncc(Cl)c2)OC(=O)C(O)=C1O. The number of rotatable bonds is 3. The molecule has 0 bridgehead atoms. The summed E-state index contributed by atoms with van der Waals surface area (Å²) in [6.07, 6.45) is 9.23. The Morgan fingerprint density at radius 2 is 1.89 bits per heavy atom. The first-order chi connectivity index (χ1) is 13.4. The maximum atomic E-state index is 11.9. The summed E-state index contributed by atoms with van der Waals surface area (Å²) in [7, 11) is 0. The van der Waals surface area contributed by atoms with E-state index in [-0.39, 0.29) is 0 Å². The number of nitrogens with zero attached hydrogens (tertiary/aromatic N) is 1. The molecule has 0 saturated heterocycles. The van der Waals surface area contributed by atoms with Gasteiger partial charge in [-0.25, -0.2) is 4.79 Å². The van der Waals surface area contributed by atoms with Gasteiger partial charge < -0.3 is 14.9 Å². The number of pyridine rings is 1. The summed E-state index contributed by atoms with van der Waals surface area (Å²) in [5.41, 5.74) is 1.85. The molecule has 4 rings (SSSR count). The molecule has 2 aliphatic rings. The maximum absolute atomic E-state index is 11.9. The quantitative estimate of drug-likeness (QED) is 0.661. The van der Waals surface area contributed by atoms with E-state index in [1.807, 2.05) is 12.1 Å². The third-order valence-electron chi connectivity index (χ3n) is 5.82. The lowest BCUT2D eigenvalue weighted by atomic mass is 9.80. The molecule has 2 aromatic rings. The monoisotopic (exact) mass is 399 g/mol. The van der Waals surface area contributed by atoms with Gasteiger partial charge in [-0.15, -0.1) is 0 Å². The molecule has 2 heterocycles. The average Bonchev–Trinajstić information content (AvgIpc) is 2.91. The molecule has 1 saturated carbocycles. The average molecular weight is 400 g/mol. The smallest absolute Gasteiger partial charge is 0.378 e. The summed E-state index contributed by atoms with van der Waals surface area (Å²) >= 11 is 6.16. The maximum Gasteiger partial charge on any atom is 0.378 e. The zero-order valence-corrected chi connectivity index (χ0v) is 16.4. The van der Waals surface area contributed by atoms with Gasteiger partial charge in [0.15, 0.2) is 11.4 Å². The van der Waals surface area contributed by atoms with Crippen molar-refractivity contribution in [2.45, 2.75) is 50.5 Å². The highest BCUT2D eigenvalue weighted by atomic mass is 35.5. The second-order valence-electron chi connectivity index (χ2n) is 7.65. The van der Waals surface area contributed by atoms with E-state index in [0.29, 0.717) is 16.5 Å². The van der Waals surface area contributed by atoms with E-state index in [1.165, 1.54) is 24.8 Å². The van der Waals surface area contributed by atoms with Gasteiger partial charge in [-0.2, -0.15) is 0 Å². The zero-order chi connectivity index (χ0) is 19.9. The molecule has 1 atom stereocenters. The van der Waals surface area contributed by atoms with Crippen molar-refractivity contribution in [3.05, 3.63) is 64.3 Å². The van der Waals surface area contributed by atoms with Gasteiger partial charge in [0.05, 0.1) is 5.02 Å². The number of aliphatic hydroxyl groups is 2. The van der Waals surface area contributed by atoms with Gasteiger partial charge in [0.25, 0.3) is 0 Å². The number of hydrogen-bond acceptors (Lipinski definition) is 5. The van der Waals surface area contributed by atoms with Gasteiger partial charge in [-0.05, 0) is 42.9 Å². The van der Waals surface area contributed by atoms with Crippen molar-refractivity contribution in [3.8, 4) is 11.1 Å². The van der Waals surface area contributed by atoms with Gasteiger partial charge in [0.2, 0.25) is 5.76 Å². The van der Waals surface area contributed by atoms with E-state index >= 15 is 0 Å². The minimum Gasteiger partial charge on any atom is -0.505 e. The normalized spacial score (nSPS) is 23.1. The first-order valence-corrected chi connectivity index (χ1v) is 9.89. The number of aliphatic hydroxyl groups excluding tert-OH is 2. The minimum atomic E-state index is -1.47. The first-order valence-electron chi connectivity index (χ1n) is 9.51. The number of carbonyl (C=O) groups excluding carboxylic acids is 1. The Morgan fingerprint density at radius 1 is 1.14 bits per heavy atom. The lowest BCUT2D eigenvalue weighted by molar-refractivity contribution is -0.149. The fraction of sp³-hybridized carbons (Fsp3) is 0.364. The number of benzene rings is 1. The third-order valence-corrected chi connectivity index (χ3v) is 6.02. The molecule has 6 heteroatoms. The summed E-state index contributed by atoms with van der Waals surface area (Å²) in [5.74, 6) is -1.70. The van der Waals surface area contributed by atoms with Crippen LogP contribution in [0.15, 0.2) is 48.2 Å². The molecule has 5 nitrogen and oxygen atoms in total. The van der Waals surface area contributed by atoms with Crippen molar-refractivity contribution in [3.63, 3.8) is 0 Å². The van der Waals surface area contributed by atoms with Crippen LogP contribution in [0.3, 0.4) is 0 Å². The Kier molecular flexibility index (Phi) is 4.79. The van der Waals surface area contributed by atoms with Gasteiger partial charge in [-0.1, -0.05) is 49.1 Å². The summed E-state index contributed by atoms with van der Waals surface area (Å²) in [6.45, 7) is 1.57. The van der Waals surface area contributed by atoms with Crippen LogP contribution in [0.2, 0.25) is 5.02 Å². The third kappa shape index (κ3) is 3.14. The topological polar surface area (TPSA) is 79.7 Å². The molecular weight excluding hydrogens is 378 g/mol. The molecule has 0 amide bonds. The molecule has 1 aromatic heterocycles. The highest BCUT2D eigenvalue weighted by Gasteiger charge is 2.48. The van der Waals surface area contributed by atoms with Crippen LogP contribution in [-0.4, -0.2) is 21.2 Å². The molecule has 28 heavy (non-hydrogen) atoms. The van der Waals surface area contributed by atoms with E-state index in [2.05, 4.69) is 11.1 Å². The number of esters is 1. The van der Waals surface area contributed by atoms with Crippen molar-refractivity contribution in [2.24, 2.45) is 0 Å². The molecule has 146 valence electrons. The van der Waals surface area contributed by atoms with Crippen LogP contribution in [0.5, 0.6) is 0 Å². The zero-order valence-electron chi connectivity index (χ0n) is 15.6. The number of cyclic esters (lactones) is 1. The molecule has 1 unspecified atom stereocenters. The fourth-order valence-corrected chi connectivity index (χ4v) is 4.43. The van der Waals surface area contributed by atoms with Gasteiger partial charge in [0, 0.05) is 23.5 Å². The first kappa shape index (κ1) is 18.8. The predicted octanol–water partition coefficient (Wildman–Crippen LogP) is 5.55. The Bertz CT molecular complexity index is 965. The number of hydrogen-bond donors (Lipinski definition) is 2. The van der Waals surface area contributed by atoms with Crippen molar-refractivity contribution in [1.29, 1.82) is 0 Å².